The van der Waals surface area contributed by atoms with Gasteiger partial charge in [0.2, 0.25) is 0 Å². The quantitative estimate of drug-likeness (QED) is 0.457. The zero-order valence-corrected chi connectivity index (χ0v) is 10.6. The van der Waals surface area contributed by atoms with Crippen LogP contribution in [0.5, 0.6) is 0 Å². The summed E-state index contributed by atoms with van der Waals surface area (Å²) in [6, 6.07) is 9.80. The Labute approximate surface area is 108 Å². The molecular formula is C15H19N3. The second kappa shape index (κ2) is 8.03. The summed E-state index contributed by atoms with van der Waals surface area (Å²) in [5.74, 6) is 0. The largest absolute Gasteiger partial charge is 0.326 e. The Balaban J connectivity index is 2.54. The van der Waals surface area contributed by atoms with E-state index in [4.69, 9.17) is 5.73 Å². The monoisotopic (exact) mass is 241 g/mol. The molecule has 0 aromatic heterocycles. The number of rotatable bonds is 6. The smallest absolute Gasteiger partial charge is 0.0561 e. The second-order valence-electron chi connectivity index (χ2n) is 3.80. The van der Waals surface area contributed by atoms with Crippen LogP contribution in [-0.4, -0.2) is 12.8 Å². The highest BCUT2D eigenvalue weighted by molar-refractivity contribution is 5.78. The highest BCUT2D eigenvalue weighted by atomic mass is 15.3. The predicted octanol–water partition coefficient (Wildman–Crippen LogP) is 3.10. The summed E-state index contributed by atoms with van der Waals surface area (Å²) in [6.07, 6.45) is 7.42. The second-order valence-corrected chi connectivity index (χ2v) is 3.80. The van der Waals surface area contributed by atoms with Gasteiger partial charge in [0, 0.05) is 6.54 Å². The van der Waals surface area contributed by atoms with Crippen LogP contribution < -0.4 is 11.2 Å². The number of nitrogens with two attached hydrogens (primary N) is 1. The van der Waals surface area contributed by atoms with Crippen molar-refractivity contribution >= 4 is 11.9 Å². The van der Waals surface area contributed by atoms with Gasteiger partial charge in [-0.15, -0.1) is 0 Å². The maximum absolute atomic E-state index is 5.53. The average molecular weight is 241 g/mol. The first-order valence-corrected chi connectivity index (χ1v) is 5.80. The maximum atomic E-state index is 5.53. The van der Waals surface area contributed by atoms with Crippen molar-refractivity contribution in [2.75, 3.05) is 12.0 Å². The van der Waals surface area contributed by atoms with E-state index in [1.54, 1.807) is 12.3 Å². The predicted molar refractivity (Wildman–Crippen MR) is 79.6 cm³/mol. The third kappa shape index (κ3) is 5.27. The number of nitrogens with one attached hydrogen (secondary N) is 1. The summed E-state index contributed by atoms with van der Waals surface area (Å²) in [6.45, 7) is 6.16. The molecule has 0 bridgehead atoms. The Morgan fingerprint density at radius 3 is 2.67 bits per heavy atom. The number of nitrogens with zero attached hydrogens (tertiary/aromatic N) is 1. The van der Waals surface area contributed by atoms with Crippen molar-refractivity contribution in [3.8, 4) is 0 Å². The van der Waals surface area contributed by atoms with Crippen LogP contribution >= 0.6 is 0 Å². The molecule has 1 rings (SSSR count). The van der Waals surface area contributed by atoms with Crippen molar-refractivity contribution in [3.05, 3.63) is 66.3 Å². The van der Waals surface area contributed by atoms with E-state index in [9.17, 15) is 0 Å². The Morgan fingerprint density at radius 2 is 2.06 bits per heavy atom. The van der Waals surface area contributed by atoms with Crippen molar-refractivity contribution < 1.29 is 0 Å². The van der Waals surface area contributed by atoms with E-state index in [0.717, 1.165) is 16.8 Å². The van der Waals surface area contributed by atoms with Crippen LogP contribution in [0.4, 0.5) is 5.69 Å². The van der Waals surface area contributed by atoms with E-state index in [-0.39, 0.29) is 0 Å². The number of benzene rings is 1. The Bertz CT molecular complexity index is 456. The van der Waals surface area contributed by atoms with Crippen LogP contribution in [0.25, 0.3) is 0 Å². The third-order valence-electron chi connectivity index (χ3n) is 2.29. The molecule has 0 atom stereocenters. The van der Waals surface area contributed by atoms with Gasteiger partial charge in [0.15, 0.2) is 0 Å². The summed E-state index contributed by atoms with van der Waals surface area (Å²) in [7, 11) is 0. The zero-order chi connectivity index (χ0) is 13.2. The first kappa shape index (κ1) is 13.9. The third-order valence-corrected chi connectivity index (χ3v) is 2.29. The number of hydrazone groups is 1. The fourth-order valence-electron chi connectivity index (χ4n) is 1.22. The van der Waals surface area contributed by atoms with Gasteiger partial charge in [-0.1, -0.05) is 43.0 Å². The lowest BCUT2D eigenvalue weighted by atomic mass is 10.2. The molecule has 0 aliphatic carbocycles. The molecule has 0 aliphatic heterocycles. The maximum Gasteiger partial charge on any atom is 0.0561 e. The van der Waals surface area contributed by atoms with Gasteiger partial charge in [-0.25, -0.2) is 0 Å². The van der Waals surface area contributed by atoms with Crippen molar-refractivity contribution in [2.24, 2.45) is 10.8 Å². The normalized spacial score (nSPS) is 12.8. The number of hydrogen-bond donors (Lipinski definition) is 2. The lowest BCUT2D eigenvalue weighted by molar-refractivity contribution is 1.19. The van der Waals surface area contributed by atoms with E-state index in [1.165, 1.54) is 0 Å². The Kier molecular flexibility index (Phi) is 6.22. The average Bonchev–Trinajstić information content (AvgIpc) is 2.41. The van der Waals surface area contributed by atoms with Gasteiger partial charge in [-0.3, -0.25) is 5.43 Å². The molecule has 18 heavy (non-hydrogen) atoms. The van der Waals surface area contributed by atoms with Crippen LogP contribution in [0.2, 0.25) is 0 Å². The molecule has 0 aliphatic rings. The minimum atomic E-state index is 0.493. The molecule has 3 N–H and O–H groups in total. The van der Waals surface area contributed by atoms with Crippen molar-refractivity contribution in [1.29, 1.82) is 0 Å². The molecule has 94 valence electrons. The molecule has 3 heteroatoms. The van der Waals surface area contributed by atoms with E-state index in [0.29, 0.717) is 6.54 Å². The molecule has 3 nitrogen and oxygen atoms in total. The molecule has 0 heterocycles. The lowest BCUT2D eigenvalue weighted by Crippen LogP contribution is -2.00. The van der Waals surface area contributed by atoms with Gasteiger partial charge in [-0.05, 0) is 30.2 Å². The highest BCUT2D eigenvalue weighted by Gasteiger charge is 1.86. The van der Waals surface area contributed by atoms with Gasteiger partial charge in [0.05, 0.1) is 11.9 Å². The number of hydrogen-bond acceptors (Lipinski definition) is 3. The van der Waals surface area contributed by atoms with Crippen molar-refractivity contribution in [1.82, 2.24) is 0 Å². The molecule has 0 saturated heterocycles. The summed E-state index contributed by atoms with van der Waals surface area (Å²) in [5.41, 5.74) is 11.5. The molecule has 0 saturated carbocycles. The van der Waals surface area contributed by atoms with Gasteiger partial charge >= 0.3 is 0 Å². The number of allylic oxidation sites excluding steroid dienone is 3. The number of anilines is 1. The summed E-state index contributed by atoms with van der Waals surface area (Å²) in [4.78, 5) is 0. The molecule has 0 fully saturated rings. The first-order chi connectivity index (χ1) is 8.76. The van der Waals surface area contributed by atoms with Gasteiger partial charge in [0.25, 0.3) is 0 Å². The standard InChI is InChI=1S/C15H19N3/c1-3-14(11-16)10-9-13(2)12-17-18-15-7-5-4-6-8-15/h3-10,12,18H,1,11,16H2,2H3/b13-9+,14-10+,17-12+. The Hall–Kier alpha value is -2.13. The summed E-state index contributed by atoms with van der Waals surface area (Å²) >= 11 is 0. The SMILES string of the molecule is C=C\C(=C/C=C(C)/C=N/Nc1ccccc1)CN. The van der Waals surface area contributed by atoms with Gasteiger partial charge in [-0.2, -0.15) is 5.10 Å². The molecule has 1 aromatic carbocycles. The van der Waals surface area contributed by atoms with Gasteiger partial charge in [0.1, 0.15) is 0 Å². The summed E-state index contributed by atoms with van der Waals surface area (Å²) in [5, 5.41) is 4.14. The first-order valence-electron chi connectivity index (χ1n) is 5.80. The molecule has 0 amide bonds. The fourth-order valence-corrected chi connectivity index (χ4v) is 1.22. The highest BCUT2D eigenvalue weighted by Crippen LogP contribution is 2.04. The minimum absolute atomic E-state index is 0.493. The minimum Gasteiger partial charge on any atom is -0.326 e. The number of para-hydroxylation sites is 1. The molecule has 0 spiro atoms. The zero-order valence-electron chi connectivity index (χ0n) is 10.6. The Morgan fingerprint density at radius 1 is 1.33 bits per heavy atom. The van der Waals surface area contributed by atoms with E-state index in [2.05, 4.69) is 17.1 Å². The van der Waals surface area contributed by atoms with E-state index < -0.39 is 0 Å². The van der Waals surface area contributed by atoms with Crippen LogP contribution in [0.1, 0.15) is 6.92 Å². The molecule has 0 unspecified atom stereocenters. The van der Waals surface area contributed by atoms with Gasteiger partial charge < -0.3 is 5.73 Å². The molecule has 0 radical (unpaired) electrons. The van der Waals surface area contributed by atoms with Crippen molar-refractivity contribution in [2.45, 2.75) is 6.92 Å². The van der Waals surface area contributed by atoms with Crippen molar-refractivity contribution in [3.63, 3.8) is 0 Å². The topological polar surface area (TPSA) is 50.4 Å². The van der Waals surface area contributed by atoms with Crippen LogP contribution in [0.3, 0.4) is 0 Å². The lowest BCUT2D eigenvalue weighted by Gasteiger charge is -1.98. The van der Waals surface area contributed by atoms with E-state index in [1.807, 2.05) is 49.4 Å². The fraction of sp³-hybridized carbons (Fsp3) is 0.133. The molecule has 1 aromatic rings. The van der Waals surface area contributed by atoms with Crippen LogP contribution in [0, 0.1) is 0 Å². The van der Waals surface area contributed by atoms with E-state index >= 15 is 0 Å². The van der Waals surface area contributed by atoms with Crippen LogP contribution in [0.15, 0.2) is 71.4 Å². The van der Waals surface area contributed by atoms with Crippen LogP contribution in [-0.2, 0) is 0 Å². The molecular weight excluding hydrogens is 222 g/mol. The summed E-state index contributed by atoms with van der Waals surface area (Å²) < 4.78 is 0.